The lowest BCUT2D eigenvalue weighted by Crippen LogP contribution is -2.31. The third-order valence-electron chi connectivity index (χ3n) is 7.70. The van der Waals surface area contributed by atoms with E-state index in [0.29, 0.717) is 35.9 Å². The van der Waals surface area contributed by atoms with Crippen molar-refractivity contribution in [1.82, 2.24) is 20.6 Å². The molecule has 2 saturated heterocycles. The van der Waals surface area contributed by atoms with Crippen molar-refractivity contribution in [3.63, 3.8) is 0 Å². The fourth-order valence-electron chi connectivity index (χ4n) is 5.19. The molecular formula is C33H39ClN6O4S2. The number of para-hydroxylation sites is 2. The first-order valence-corrected chi connectivity index (χ1v) is 17.6. The molecule has 2 fully saturated rings. The van der Waals surface area contributed by atoms with Crippen LogP contribution in [0.25, 0.3) is 21.1 Å². The van der Waals surface area contributed by atoms with E-state index in [1.807, 2.05) is 60.8 Å². The van der Waals surface area contributed by atoms with Gasteiger partial charge in [0.15, 0.2) is 0 Å². The Bertz CT molecular complexity index is 1450. The number of hydrogen-bond acceptors (Lipinski definition) is 10. The van der Waals surface area contributed by atoms with Crippen molar-refractivity contribution in [3.8, 4) is 21.1 Å². The summed E-state index contributed by atoms with van der Waals surface area (Å²) in [6.45, 7) is 6.88. The number of amides is 2. The number of piperidine rings is 2. The number of aromatic nitrogens is 2. The number of rotatable bonds is 8. The molecule has 4 N–H and O–H groups in total. The maximum atomic E-state index is 12.1. The second-order valence-corrected chi connectivity index (χ2v) is 13.3. The summed E-state index contributed by atoms with van der Waals surface area (Å²) >= 11 is 8.89. The molecule has 244 valence electrons. The van der Waals surface area contributed by atoms with Gasteiger partial charge in [-0.3, -0.25) is 10.6 Å². The van der Waals surface area contributed by atoms with E-state index in [2.05, 4.69) is 31.2 Å². The summed E-state index contributed by atoms with van der Waals surface area (Å²) in [5, 5.41) is 18.1. The number of aryl methyl sites for hydroxylation is 1. The normalized spacial score (nSPS) is 15.3. The monoisotopic (exact) mass is 682 g/mol. The van der Waals surface area contributed by atoms with Crippen LogP contribution in [0.15, 0.2) is 59.3 Å². The molecule has 6 rings (SSSR count). The highest BCUT2D eigenvalue weighted by atomic mass is 35.5. The maximum Gasteiger partial charge on any atom is 0.411 e. The smallest absolute Gasteiger partial charge is 0.411 e. The number of carbonyl (C=O) groups is 2. The zero-order valence-electron chi connectivity index (χ0n) is 25.7. The van der Waals surface area contributed by atoms with Crippen molar-refractivity contribution in [3.05, 3.63) is 70.1 Å². The SMILES string of the molecule is Cc1csc(-c2ccccc2NC(=O)OCC2CCNCC2)n1.O=C(Nc1ccccc1-c1nc(Cl)cs1)OCC1CCNCC1. The van der Waals surface area contributed by atoms with Crippen LogP contribution in [-0.4, -0.2) is 61.5 Å². The van der Waals surface area contributed by atoms with Crippen LogP contribution in [0.1, 0.15) is 31.4 Å². The minimum absolute atomic E-state index is 0.399. The molecule has 0 bridgehead atoms. The Balaban J connectivity index is 0.000000181. The number of ether oxygens (including phenoxy) is 2. The van der Waals surface area contributed by atoms with Crippen molar-refractivity contribution in [2.24, 2.45) is 11.8 Å². The molecule has 2 aromatic carbocycles. The van der Waals surface area contributed by atoms with Gasteiger partial charge in [-0.05, 0) is 94.9 Å². The fourth-order valence-corrected chi connectivity index (χ4v) is 7.01. The third kappa shape index (κ3) is 10.2. The van der Waals surface area contributed by atoms with Crippen LogP contribution in [0, 0.1) is 18.8 Å². The summed E-state index contributed by atoms with van der Waals surface area (Å²) < 4.78 is 10.7. The molecule has 0 spiro atoms. The summed E-state index contributed by atoms with van der Waals surface area (Å²) in [7, 11) is 0. The average Bonchev–Trinajstić information content (AvgIpc) is 3.72. The molecule has 2 aliphatic heterocycles. The topological polar surface area (TPSA) is 126 Å². The lowest BCUT2D eigenvalue weighted by atomic mass is 9.99. The van der Waals surface area contributed by atoms with Crippen LogP contribution in [0.3, 0.4) is 0 Å². The average molecular weight is 683 g/mol. The van der Waals surface area contributed by atoms with Crippen molar-refractivity contribution in [2.75, 3.05) is 50.0 Å². The van der Waals surface area contributed by atoms with Gasteiger partial charge < -0.3 is 20.1 Å². The fraction of sp³-hybridized carbons (Fsp3) is 0.394. The van der Waals surface area contributed by atoms with Crippen LogP contribution in [0.2, 0.25) is 5.15 Å². The van der Waals surface area contributed by atoms with Gasteiger partial charge in [0.25, 0.3) is 0 Å². The molecular weight excluding hydrogens is 644 g/mol. The number of carbonyl (C=O) groups excluding carboxylic acids is 2. The molecule has 13 heteroatoms. The van der Waals surface area contributed by atoms with Gasteiger partial charge in [-0.2, -0.15) is 0 Å². The van der Waals surface area contributed by atoms with Crippen LogP contribution in [0.4, 0.5) is 21.0 Å². The Morgan fingerprint density at radius 2 is 1.22 bits per heavy atom. The Hall–Kier alpha value is -3.55. The van der Waals surface area contributed by atoms with Gasteiger partial charge >= 0.3 is 12.2 Å². The first kappa shape index (κ1) is 33.8. The Labute approximate surface area is 282 Å². The standard InChI is InChI=1S/C17H21N3O2S.C16H18ClN3O2S/c1-12-11-23-16(19-12)14-4-2-3-5-15(14)20-17(21)22-10-13-6-8-18-9-7-13;17-14-10-23-15(20-14)12-3-1-2-4-13(12)19-16(21)22-9-11-5-7-18-8-6-11/h2-5,11,13,18H,6-10H2,1H3,(H,20,21);1-4,10-11,18H,5-9H2,(H,19,21). The van der Waals surface area contributed by atoms with E-state index in [-0.39, 0.29) is 0 Å². The molecule has 0 aliphatic carbocycles. The molecule has 0 atom stereocenters. The zero-order chi connectivity index (χ0) is 32.1. The van der Waals surface area contributed by atoms with Gasteiger partial charge in [-0.15, -0.1) is 22.7 Å². The van der Waals surface area contributed by atoms with E-state index in [1.165, 1.54) is 11.3 Å². The van der Waals surface area contributed by atoms with Gasteiger partial charge in [0.1, 0.15) is 15.2 Å². The van der Waals surface area contributed by atoms with Crippen molar-refractivity contribution >= 4 is 57.8 Å². The summed E-state index contributed by atoms with van der Waals surface area (Å²) in [4.78, 5) is 32.9. The van der Waals surface area contributed by atoms with E-state index in [0.717, 1.165) is 84.4 Å². The van der Waals surface area contributed by atoms with E-state index in [1.54, 1.807) is 16.7 Å². The van der Waals surface area contributed by atoms with Crippen molar-refractivity contribution in [2.45, 2.75) is 32.6 Å². The second kappa shape index (κ2) is 17.4. The molecule has 2 aromatic heterocycles. The third-order valence-corrected chi connectivity index (χ3v) is 9.89. The predicted molar refractivity (Wildman–Crippen MR) is 186 cm³/mol. The summed E-state index contributed by atoms with van der Waals surface area (Å²) in [5.74, 6) is 0.897. The highest BCUT2D eigenvalue weighted by molar-refractivity contribution is 7.13. The quantitative estimate of drug-likeness (QED) is 0.149. The minimum Gasteiger partial charge on any atom is -0.449 e. The Morgan fingerprint density at radius 1 is 0.761 bits per heavy atom. The first-order chi connectivity index (χ1) is 22.4. The largest absolute Gasteiger partial charge is 0.449 e. The molecule has 4 aromatic rings. The first-order valence-electron chi connectivity index (χ1n) is 15.5. The Kier molecular flexibility index (Phi) is 12.8. The molecule has 0 saturated carbocycles. The van der Waals surface area contributed by atoms with E-state index in [4.69, 9.17) is 21.1 Å². The highest BCUT2D eigenvalue weighted by Gasteiger charge is 2.18. The lowest BCUT2D eigenvalue weighted by Gasteiger charge is -2.22. The van der Waals surface area contributed by atoms with Crippen molar-refractivity contribution in [1.29, 1.82) is 0 Å². The number of nitrogens with one attached hydrogen (secondary N) is 4. The molecule has 10 nitrogen and oxygen atoms in total. The van der Waals surface area contributed by atoms with Crippen LogP contribution < -0.4 is 21.3 Å². The molecule has 0 unspecified atom stereocenters. The van der Waals surface area contributed by atoms with Gasteiger partial charge in [0, 0.05) is 27.6 Å². The zero-order valence-corrected chi connectivity index (χ0v) is 28.1. The molecule has 2 aliphatic rings. The van der Waals surface area contributed by atoms with Gasteiger partial charge in [0.05, 0.1) is 24.6 Å². The molecule has 2 amide bonds. The number of anilines is 2. The van der Waals surface area contributed by atoms with Crippen LogP contribution in [0.5, 0.6) is 0 Å². The van der Waals surface area contributed by atoms with Crippen LogP contribution >= 0.6 is 34.3 Å². The second-order valence-electron chi connectivity index (χ2n) is 11.2. The van der Waals surface area contributed by atoms with Gasteiger partial charge in [0.2, 0.25) is 0 Å². The number of halogens is 1. The van der Waals surface area contributed by atoms with E-state index >= 15 is 0 Å². The van der Waals surface area contributed by atoms with Crippen LogP contribution in [-0.2, 0) is 9.47 Å². The summed E-state index contributed by atoms with van der Waals surface area (Å²) in [6, 6.07) is 15.2. The highest BCUT2D eigenvalue weighted by Crippen LogP contribution is 2.32. The molecule has 4 heterocycles. The van der Waals surface area contributed by atoms with E-state index in [9.17, 15) is 9.59 Å². The number of thiazole rings is 2. The number of hydrogen-bond donors (Lipinski definition) is 4. The lowest BCUT2D eigenvalue weighted by molar-refractivity contribution is 0.130. The maximum absolute atomic E-state index is 12.1. The van der Waals surface area contributed by atoms with E-state index < -0.39 is 12.2 Å². The molecule has 0 radical (unpaired) electrons. The number of nitrogens with zero attached hydrogens (tertiary/aromatic N) is 2. The minimum atomic E-state index is -0.432. The Morgan fingerprint density at radius 3 is 1.65 bits per heavy atom. The number of benzene rings is 2. The van der Waals surface area contributed by atoms with Gasteiger partial charge in [-0.1, -0.05) is 35.9 Å². The van der Waals surface area contributed by atoms with Gasteiger partial charge in [-0.25, -0.2) is 19.6 Å². The summed E-state index contributed by atoms with van der Waals surface area (Å²) in [5.41, 5.74) is 4.15. The molecule has 46 heavy (non-hydrogen) atoms. The summed E-state index contributed by atoms with van der Waals surface area (Å²) in [6.07, 6.45) is 3.37. The van der Waals surface area contributed by atoms with Crippen molar-refractivity contribution < 1.29 is 19.1 Å². The predicted octanol–water partition coefficient (Wildman–Crippen LogP) is 7.68.